The molecule has 0 radical (unpaired) electrons. The summed E-state index contributed by atoms with van der Waals surface area (Å²) >= 11 is 6.07. The number of benzene rings is 2. The molecule has 35 heavy (non-hydrogen) atoms. The monoisotopic (exact) mass is 523 g/mol. The van der Waals surface area contributed by atoms with Crippen molar-refractivity contribution in [1.82, 2.24) is 10.2 Å². The van der Waals surface area contributed by atoms with Gasteiger partial charge in [0, 0.05) is 17.6 Å². The van der Waals surface area contributed by atoms with Gasteiger partial charge in [0.25, 0.3) is 0 Å². The van der Waals surface area contributed by atoms with Gasteiger partial charge in [0.2, 0.25) is 21.8 Å². The number of carbonyl (C=O) groups is 2. The van der Waals surface area contributed by atoms with Crippen molar-refractivity contribution in [3.63, 3.8) is 0 Å². The van der Waals surface area contributed by atoms with E-state index in [0.717, 1.165) is 22.5 Å². The molecular formula is C25H34ClN3O5S. The maximum absolute atomic E-state index is 13.7. The molecule has 2 aromatic rings. The normalized spacial score (nSPS) is 13.0. The van der Waals surface area contributed by atoms with E-state index in [0.29, 0.717) is 17.2 Å². The second-order valence-electron chi connectivity index (χ2n) is 8.36. The van der Waals surface area contributed by atoms with Gasteiger partial charge in [-0.15, -0.1) is 0 Å². The maximum Gasteiger partial charge on any atom is 0.244 e. The van der Waals surface area contributed by atoms with Crippen LogP contribution in [0, 0.1) is 0 Å². The topological polar surface area (TPSA) is 96.0 Å². The molecule has 0 saturated heterocycles. The van der Waals surface area contributed by atoms with E-state index in [1.54, 1.807) is 43.5 Å². The van der Waals surface area contributed by atoms with Crippen LogP contribution in [0.4, 0.5) is 5.69 Å². The molecule has 0 bridgehead atoms. The van der Waals surface area contributed by atoms with Gasteiger partial charge in [0.15, 0.2) is 0 Å². The molecule has 0 heterocycles. The van der Waals surface area contributed by atoms with E-state index < -0.39 is 28.5 Å². The van der Waals surface area contributed by atoms with Crippen LogP contribution >= 0.6 is 11.6 Å². The van der Waals surface area contributed by atoms with E-state index in [2.05, 4.69) is 5.32 Å². The number of hydrogen-bond acceptors (Lipinski definition) is 5. The van der Waals surface area contributed by atoms with Crippen molar-refractivity contribution < 1.29 is 22.7 Å². The number of hydrogen-bond donors (Lipinski definition) is 1. The second kappa shape index (κ2) is 12.8. The minimum Gasteiger partial charge on any atom is -0.497 e. The molecule has 2 amide bonds. The lowest BCUT2D eigenvalue weighted by molar-refractivity contribution is -0.140. The van der Waals surface area contributed by atoms with E-state index >= 15 is 0 Å². The number of halogens is 1. The number of anilines is 1. The van der Waals surface area contributed by atoms with Gasteiger partial charge < -0.3 is 15.0 Å². The first kappa shape index (κ1) is 28.5. The summed E-state index contributed by atoms with van der Waals surface area (Å²) < 4.78 is 31.5. The highest BCUT2D eigenvalue weighted by Crippen LogP contribution is 2.23. The predicted molar refractivity (Wildman–Crippen MR) is 139 cm³/mol. The van der Waals surface area contributed by atoms with Crippen molar-refractivity contribution in [3.05, 3.63) is 59.1 Å². The van der Waals surface area contributed by atoms with Gasteiger partial charge in [-0.25, -0.2) is 8.42 Å². The molecule has 0 aliphatic rings. The lowest BCUT2D eigenvalue weighted by Gasteiger charge is -2.33. The summed E-state index contributed by atoms with van der Waals surface area (Å²) in [7, 11) is -2.27. The van der Waals surface area contributed by atoms with Crippen LogP contribution < -0.4 is 14.4 Å². The van der Waals surface area contributed by atoms with Gasteiger partial charge >= 0.3 is 0 Å². The molecule has 2 rings (SSSR count). The number of carbonyl (C=O) groups excluding carboxylic acids is 2. The highest BCUT2D eigenvalue weighted by molar-refractivity contribution is 7.92. The zero-order chi connectivity index (χ0) is 26.2. The van der Waals surface area contributed by atoms with Crippen molar-refractivity contribution in [2.45, 2.75) is 52.2 Å². The minimum absolute atomic E-state index is 0.0655. The van der Waals surface area contributed by atoms with Gasteiger partial charge in [0.05, 0.1) is 19.1 Å². The van der Waals surface area contributed by atoms with E-state index in [4.69, 9.17) is 16.3 Å². The van der Waals surface area contributed by atoms with E-state index in [1.807, 2.05) is 26.8 Å². The first-order valence-electron chi connectivity index (χ1n) is 11.5. The number of ether oxygens (including phenoxy) is 1. The summed E-state index contributed by atoms with van der Waals surface area (Å²) in [5.74, 6) is -0.181. The second-order valence-corrected chi connectivity index (χ2v) is 10.7. The first-order chi connectivity index (χ1) is 16.5. The summed E-state index contributed by atoms with van der Waals surface area (Å²) in [6, 6.07) is 12.6. The van der Waals surface area contributed by atoms with E-state index in [9.17, 15) is 18.0 Å². The molecule has 192 valence electrons. The molecule has 10 heteroatoms. The Hall–Kier alpha value is -2.78. The molecule has 0 aliphatic heterocycles. The molecular weight excluding hydrogens is 490 g/mol. The zero-order valence-corrected chi connectivity index (χ0v) is 22.4. The quantitative estimate of drug-likeness (QED) is 0.456. The van der Waals surface area contributed by atoms with Crippen LogP contribution in [0.2, 0.25) is 5.02 Å². The van der Waals surface area contributed by atoms with Crippen LogP contribution in [0.5, 0.6) is 5.75 Å². The van der Waals surface area contributed by atoms with Crippen LogP contribution in [0.3, 0.4) is 0 Å². The number of rotatable bonds is 12. The summed E-state index contributed by atoms with van der Waals surface area (Å²) in [4.78, 5) is 28.2. The Kier molecular flexibility index (Phi) is 10.4. The van der Waals surface area contributed by atoms with Gasteiger partial charge in [-0.2, -0.15) is 0 Å². The molecule has 0 spiro atoms. The molecule has 0 aliphatic carbocycles. The average molecular weight is 524 g/mol. The minimum atomic E-state index is -3.82. The highest BCUT2D eigenvalue weighted by atomic mass is 35.5. The number of nitrogens with one attached hydrogen (secondary N) is 1. The Labute approximate surface area is 213 Å². The smallest absolute Gasteiger partial charge is 0.244 e. The van der Waals surface area contributed by atoms with Crippen molar-refractivity contribution >= 4 is 39.1 Å². The lowest BCUT2D eigenvalue weighted by atomic mass is 10.1. The predicted octanol–water partition coefficient (Wildman–Crippen LogP) is 3.84. The fourth-order valence-corrected chi connectivity index (χ4v) is 4.60. The third-order valence-electron chi connectivity index (χ3n) is 5.65. The maximum atomic E-state index is 13.7. The SMILES string of the molecule is CC[C@H](C)NC(=O)[C@H](CC)N(Cc1cccc(OC)c1)C(=O)CN(c1cccc(Cl)c1)S(C)(=O)=O. The fraction of sp³-hybridized carbons (Fsp3) is 0.440. The first-order valence-corrected chi connectivity index (χ1v) is 13.7. The number of amides is 2. The van der Waals surface area contributed by atoms with Gasteiger partial charge in [-0.3, -0.25) is 13.9 Å². The summed E-state index contributed by atoms with van der Waals surface area (Å²) in [5, 5.41) is 3.28. The van der Waals surface area contributed by atoms with Crippen LogP contribution in [0.15, 0.2) is 48.5 Å². The van der Waals surface area contributed by atoms with Crippen LogP contribution in [0.25, 0.3) is 0 Å². The Morgan fingerprint density at radius 2 is 1.77 bits per heavy atom. The largest absolute Gasteiger partial charge is 0.497 e. The Morgan fingerprint density at radius 3 is 2.34 bits per heavy atom. The molecule has 1 N–H and O–H groups in total. The van der Waals surface area contributed by atoms with Gasteiger partial charge in [-0.1, -0.05) is 43.6 Å². The molecule has 2 aromatic carbocycles. The van der Waals surface area contributed by atoms with Crippen LogP contribution in [-0.2, 0) is 26.2 Å². The van der Waals surface area contributed by atoms with Crippen molar-refractivity contribution in [3.8, 4) is 5.75 Å². The molecule has 0 unspecified atom stereocenters. The number of nitrogens with zero attached hydrogens (tertiary/aromatic N) is 2. The molecule has 0 fully saturated rings. The lowest BCUT2D eigenvalue weighted by Crippen LogP contribution is -2.53. The van der Waals surface area contributed by atoms with Crippen molar-refractivity contribution in [2.75, 3.05) is 24.2 Å². The summed E-state index contributed by atoms with van der Waals surface area (Å²) in [6.07, 6.45) is 2.12. The van der Waals surface area contributed by atoms with Crippen LogP contribution in [-0.4, -0.2) is 57.1 Å². The molecule has 8 nitrogen and oxygen atoms in total. The van der Waals surface area contributed by atoms with Gasteiger partial charge in [-0.05, 0) is 55.7 Å². The van der Waals surface area contributed by atoms with E-state index in [-0.39, 0.29) is 24.2 Å². The number of methoxy groups -OCH3 is 1. The fourth-order valence-electron chi connectivity index (χ4n) is 3.57. The molecule has 0 saturated carbocycles. The van der Waals surface area contributed by atoms with Crippen LogP contribution in [0.1, 0.15) is 39.2 Å². The average Bonchev–Trinajstić information content (AvgIpc) is 2.81. The standard InChI is InChI=1S/C25H34ClN3O5S/c1-6-18(3)27-25(31)23(7-2)28(16-19-10-8-13-22(14-19)34-4)24(30)17-29(35(5,32)33)21-12-9-11-20(26)15-21/h8-15,18,23H,6-7,16-17H2,1-5H3,(H,27,31)/t18-,23-/m0/s1. The van der Waals surface area contributed by atoms with E-state index in [1.165, 1.54) is 11.0 Å². The Balaban J connectivity index is 2.45. The summed E-state index contributed by atoms with van der Waals surface area (Å²) in [5.41, 5.74) is 1.02. The van der Waals surface area contributed by atoms with Gasteiger partial charge in [0.1, 0.15) is 18.3 Å². The summed E-state index contributed by atoms with van der Waals surface area (Å²) in [6.45, 7) is 5.30. The highest BCUT2D eigenvalue weighted by Gasteiger charge is 2.32. The third kappa shape index (κ3) is 8.14. The molecule has 0 aromatic heterocycles. The number of sulfonamides is 1. The van der Waals surface area contributed by atoms with Crippen molar-refractivity contribution in [1.29, 1.82) is 0 Å². The Bertz CT molecular complexity index is 1130. The zero-order valence-electron chi connectivity index (χ0n) is 20.8. The Morgan fingerprint density at radius 1 is 1.09 bits per heavy atom. The van der Waals surface area contributed by atoms with Crippen molar-refractivity contribution in [2.24, 2.45) is 0 Å². The molecule has 2 atom stereocenters. The third-order valence-corrected chi connectivity index (χ3v) is 7.03.